The van der Waals surface area contributed by atoms with Crippen LogP contribution in [0, 0.1) is 25.6 Å². The van der Waals surface area contributed by atoms with Crippen LogP contribution in [0.5, 0.6) is 0 Å². The SMILES string of the molecule is CC1(C)CC(=O)C2=C(C1)O[C@H]([N+](=O)[O-])[C@@H]2c1ccc([N+](=O)[O-])cc1. The maximum absolute atomic E-state index is 12.5. The third-order valence-corrected chi connectivity index (χ3v) is 4.41. The monoisotopic (exact) mass is 332 g/mol. The Kier molecular flexibility index (Phi) is 3.62. The van der Waals surface area contributed by atoms with Crippen LogP contribution in [-0.2, 0) is 9.53 Å². The average molecular weight is 332 g/mol. The number of hydrogen-bond acceptors (Lipinski definition) is 6. The summed E-state index contributed by atoms with van der Waals surface area (Å²) in [5.74, 6) is -0.616. The smallest absolute Gasteiger partial charge is 0.364 e. The van der Waals surface area contributed by atoms with Gasteiger partial charge in [0.1, 0.15) is 11.7 Å². The molecule has 8 nitrogen and oxygen atoms in total. The summed E-state index contributed by atoms with van der Waals surface area (Å²) in [5, 5.41) is 22.2. The summed E-state index contributed by atoms with van der Waals surface area (Å²) in [6.07, 6.45) is -0.625. The number of rotatable bonds is 3. The van der Waals surface area contributed by atoms with E-state index in [4.69, 9.17) is 4.74 Å². The number of nitro benzene ring substituents is 1. The summed E-state index contributed by atoms with van der Waals surface area (Å²) in [6.45, 7) is 3.83. The van der Waals surface area contributed by atoms with Crippen molar-refractivity contribution in [3.63, 3.8) is 0 Å². The Hall–Kier alpha value is -2.77. The van der Waals surface area contributed by atoms with Crippen molar-refractivity contribution >= 4 is 11.5 Å². The van der Waals surface area contributed by atoms with Gasteiger partial charge in [0.05, 0.1) is 15.4 Å². The van der Waals surface area contributed by atoms with Crippen LogP contribution in [0.1, 0.15) is 38.2 Å². The molecule has 0 saturated carbocycles. The molecule has 2 atom stereocenters. The number of allylic oxidation sites excluding steroid dienone is 1. The minimum atomic E-state index is -1.38. The highest BCUT2D eigenvalue weighted by molar-refractivity contribution is 5.99. The van der Waals surface area contributed by atoms with Crippen LogP contribution < -0.4 is 0 Å². The number of benzene rings is 1. The first kappa shape index (κ1) is 16.1. The van der Waals surface area contributed by atoms with E-state index in [0.717, 1.165) is 0 Å². The molecule has 0 saturated heterocycles. The molecule has 0 unspecified atom stereocenters. The van der Waals surface area contributed by atoms with Crippen molar-refractivity contribution in [2.45, 2.75) is 38.8 Å². The second-order valence-electron chi connectivity index (χ2n) is 6.90. The van der Waals surface area contributed by atoms with Crippen LogP contribution in [0.4, 0.5) is 5.69 Å². The van der Waals surface area contributed by atoms with Crippen molar-refractivity contribution in [1.29, 1.82) is 0 Å². The zero-order valence-corrected chi connectivity index (χ0v) is 13.2. The van der Waals surface area contributed by atoms with Crippen molar-refractivity contribution in [3.05, 3.63) is 61.4 Å². The summed E-state index contributed by atoms with van der Waals surface area (Å²) < 4.78 is 5.50. The maximum atomic E-state index is 12.5. The first-order valence-corrected chi connectivity index (χ1v) is 7.50. The number of carbonyl (C=O) groups is 1. The molecule has 126 valence electrons. The Bertz CT molecular complexity index is 765. The lowest BCUT2D eigenvalue weighted by atomic mass is 9.73. The zero-order chi connectivity index (χ0) is 17.6. The van der Waals surface area contributed by atoms with Crippen LogP contribution in [0.3, 0.4) is 0 Å². The van der Waals surface area contributed by atoms with Gasteiger partial charge < -0.3 is 4.74 Å². The molecule has 3 rings (SSSR count). The number of ketones is 1. The summed E-state index contributed by atoms with van der Waals surface area (Å²) in [5.41, 5.74) is 0.396. The molecule has 1 aromatic carbocycles. The van der Waals surface area contributed by atoms with Gasteiger partial charge in [0.25, 0.3) is 5.69 Å². The molecule has 1 aliphatic carbocycles. The Balaban J connectivity index is 2.05. The summed E-state index contributed by atoms with van der Waals surface area (Å²) in [4.78, 5) is 33.6. The minimum Gasteiger partial charge on any atom is -0.433 e. The Morgan fingerprint density at radius 1 is 1.12 bits per heavy atom. The number of Topliss-reactive ketones (excluding diaryl/α,β-unsaturated/α-hetero) is 1. The maximum Gasteiger partial charge on any atom is 0.364 e. The van der Waals surface area contributed by atoms with E-state index in [2.05, 4.69) is 0 Å². The predicted octanol–water partition coefficient (Wildman–Crippen LogP) is 2.95. The highest BCUT2D eigenvalue weighted by atomic mass is 16.7. The number of hydrogen-bond donors (Lipinski definition) is 0. The number of carbonyl (C=O) groups excluding carboxylic acids is 1. The van der Waals surface area contributed by atoms with Gasteiger partial charge in [0.2, 0.25) is 0 Å². The predicted molar refractivity (Wildman–Crippen MR) is 82.8 cm³/mol. The first-order chi connectivity index (χ1) is 11.2. The lowest BCUT2D eigenvalue weighted by molar-refractivity contribution is -0.570. The summed E-state index contributed by atoms with van der Waals surface area (Å²) in [6, 6.07) is 5.46. The van der Waals surface area contributed by atoms with E-state index in [9.17, 15) is 25.0 Å². The molecule has 0 bridgehead atoms. The molecule has 0 aromatic heterocycles. The standard InChI is InChI=1S/C16H16N2O6/c1-16(2)7-11(19)14-12(8-16)24-15(18(22)23)13(14)9-3-5-10(6-4-9)17(20)21/h3-6,13,15H,7-8H2,1-2H3/t13-,15+/m1/s1. The van der Waals surface area contributed by atoms with Gasteiger partial charge in [-0.3, -0.25) is 25.0 Å². The Morgan fingerprint density at radius 2 is 1.75 bits per heavy atom. The fourth-order valence-corrected chi connectivity index (χ4v) is 3.39. The molecule has 24 heavy (non-hydrogen) atoms. The van der Waals surface area contributed by atoms with Gasteiger partial charge in [-0.25, -0.2) is 0 Å². The average Bonchev–Trinajstić information content (AvgIpc) is 2.85. The van der Waals surface area contributed by atoms with Crippen molar-refractivity contribution < 1.29 is 19.4 Å². The molecule has 0 spiro atoms. The van der Waals surface area contributed by atoms with E-state index in [1.165, 1.54) is 24.3 Å². The van der Waals surface area contributed by atoms with Crippen molar-refractivity contribution in [1.82, 2.24) is 0 Å². The molecule has 0 amide bonds. The zero-order valence-electron chi connectivity index (χ0n) is 13.2. The number of nitrogens with zero attached hydrogens (tertiary/aromatic N) is 2. The van der Waals surface area contributed by atoms with E-state index in [1.807, 2.05) is 13.8 Å². The van der Waals surface area contributed by atoms with Crippen LogP contribution in [0.25, 0.3) is 0 Å². The van der Waals surface area contributed by atoms with Crippen LogP contribution in [0.2, 0.25) is 0 Å². The third-order valence-electron chi connectivity index (χ3n) is 4.41. The molecule has 8 heteroatoms. The second kappa shape index (κ2) is 5.40. The molecule has 2 aliphatic rings. The quantitative estimate of drug-likeness (QED) is 0.621. The van der Waals surface area contributed by atoms with E-state index >= 15 is 0 Å². The highest BCUT2D eigenvalue weighted by Gasteiger charge is 2.51. The Morgan fingerprint density at radius 3 is 2.29 bits per heavy atom. The van der Waals surface area contributed by atoms with E-state index in [0.29, 0.717) is 29.7 Å². The summed E-state index contributed by atoms with van der Waals surface area (Å²) >= 11 is 0. The fourth-order valence-electron chi connectivity index (χ4n) is 3.39. The van der Waals surface area contributed by atoms with Gasteiger partial charge in [-0.1, -0.05) is 26.0 Å². The van der Waals surface area contributed by atoms with Gasteiger partial charge >= 0.3 is 6.23 Å². The van der Waals surface area contributed by atoms with Crippen molar-refractivity contribution in [2.75, 3.05) is 0 Å². The lowest BCUT2D eigenvalue weighted by Crippen LogP contribution is -2.28. The van der Waals surface area contributed by atoms with E-state index in [1.54, 1.807) is 0 Å². The van der Waals surface area contributed by atoms with Crippen molar-refractivity contribution in [3.8, 4) is 0 Å². The van der Waals surface area contributed by atoms with E-state index < -0.39 is 22.0 Å². The fraction of sp³-hybridized carbons (Fsp3) is 0.438. The number of ether oxygens (including phenoxy) is 1. The van der Waals surface area contributed by atoms with Crippen LogP contribution in [0.15, 0.2) is 35.6 Å². The minimum absolute atomic E-state index is 0.111. The van der Waals surface area contributed by atoms with Gasteiger partial charge in [-0.05, 0) is 11.0 Å². The molecule has 1 heterocycles. The van der Waals surface area contributed by atoms with E-state index in [-0.39, 0.29) is 16.9 Å². The first-order valence-electron chi connectivity index (χ1n) is 7.50. The molecule has 0 fully saturated rings. The molecular weight excluding hydrogens is 316 g/mol. The summed E-state index contributed by atoms with van der Waals surface area (Å²) in [7, 11) is 0. The van der Waals surface area contributed by atoms with Gasteiger partial charge in [0.15, 0.2) is 5.78 Å². The van der Waals surface area contributed by atoms with Crippen LogP contribution >= 0.6 is 0 Å². The number of nitro groups is 2. The van der Waals surface area contributed by atoms with Gasteiger partial charge in [-0.15, -0.1) is 0 Å². The molecule has 0 radical (unpaired) electrons. The number of non-ortho nitro benzene ring substituents is 1. The van der Waals surface area contributed by atoms with Gasteiger partial charge in [0, 0.05) is 25.0 Å². The molecule has 1 aromatic rings. The van der Waals surface area contributed by atoms with Gasteiger partial charge in [-0.2, -0.15) is 0 Å². The molecule has 0 N–H and O–H groups in total. The second-order valence-corrected chi connectivity index (χ2v) is 6.90. The highest BCUT2D eigenvalue weighted by Crippen LogP contribution is 2.48. The lowest BCUT2D eigenvalue weighted by Gasteiger charge is -2.28. The molecular formula is C16H16N2O6. The topological polar surface area (TPSA) is 113 Å². The van der Waals surface area contributed by atoms with Crippen LogP contribution in [-0.4, -0.2) is 21.9 Å². The third kappa shape index (κ3) is 2.64. The largest absolute Gasteiger partial charge is 0.433 e. The molecule has 1 aliphatic heterocycles. The normalized spacial score (nSPS) is 25.2. The Labute approximate surface area is 137 Å². The van der Waals surface area contributed by atoms with Crippen molar-refractivity contribution in [2.24, 2.45) is 5.41 Å².